The zero-order chi connectivity index (χ0) is 19.3. The Balaban J connectivity index is 1.65. The van der Waals surface area contributed by atoms with Gasteiger partial charge >= 0.3 is 5.97 Å². The van der Waals surface area contributed by atoms with Gasteiger partial charge in [0.05, 0.1) is 18.1 Å². The first-order valence-electron chi connectivity index (χ1n) is 8.70. The second-order valence-corrected chi connectivity index (χ2v) is 7.97. The number of aryl methyl sites for hydroxylation is 1. The Morgan fingerprint density at radius 3 is 2.26 bits per heavy atom. The maximum atomic E-state index is 12.5. The van der Waals surface area contributed by atoms with Crippen molar-refractivity contribution in [2.45, 2.75) is 17.7 Å². The van der Waals surface area contributed by atoms with Crippen molar-refractivity contribution in [2.75, 3.05) is 35.9 Å². The van der Waals surface area contributed by atoms with Gasteiger partial charge in [-0.2, -0.15) is 0 Å². The number of hydrogen-bond donors (Lipinski definition) is 2. The minimum atomic E-state index is -3.70. The second-order valence-electron chi connectivity index (χ2n) is 6.29. The van der Waals surface area contributed by atoms with Crippen LogP contribution in [-0.2, 0) is 26.0 Å². The van der Waals surface area contributed by atoms with E-state index in [1.54, 1.807) is 24.3 Å². The Labute approximate surface area is 158 Å². The Kier molecular flexibility index (Phi) is 5.98. The molecule has 0 bridgehead atoms. The van der Waals surface area contributed by atoms with Crippen molar-refractivity contribution < 1.29 is 23.1 Å². The van der Waals surface area contributed by atoms with Crippen LogP contribution in [0.4, 0.5) is 11.4 Å². The number of ether oxygens (including phenoxy) is 1. The summed E-state index contributed by atoms with van der Waals surface area (Å²) in [7, 11) is -3.70. The summed E-state index contributed by atoms with van der Waals surface area (Å²) < 4.78 is 33.0. The Bertz CT molecular complexity index is 873. The first-order valence-corrected chi connectivity index (χ1v) is 10.2. The molecule has 1 heterocycles. The van der Waals surface area contributed by atoms with Gasteiger partial charge in [-0.05, 0) is 48.4 Å². The Hall–Kier alpha value is -2.58. The van der Waals surface area contributed by atoms with Gasteiger partial charge in [0.2, 0.25) is 0 Å². The number of nitrogens with one attached hydrogen (secondary N) is 1. The average molecular weight is 390 g/mol. The third-order valence-corrected chi connectivity index (χ3v) is 5.75. The molecule has 0 amide bonds. The van der Waals surface area contributed by atoms with E-state index in [4.69, 9.17) is 9.84 Å². The summed E-state index contributed by atoms with van der Waals surface area (Å²) in [6.07, 6.45) is 0.381. The van der Waals surface area contributed by atoms with Crippen LogP contribution in [-0.4, -0.2) is 45.8 Å². The van der Waals surface area contributed by atoms with Crippen LogP contribution in [0.2, 0.25) is 0 Å². The number of carboxylic acid groups (broad SMARTS) is 1. The van der Waals surface area contributed by atoms with Gasteiger partial charge < -0.3 is 14.7 Å². The zero-order valence-electron chi connectivity index (χ0n) is 14.8. The molecule has 27 heavy (non-hydrogen) atoms. The van der Waals surface area contributed by atoms with Gasteiger partial charge in [-0.1, -0.05) is 12.1 Å². The average Bonchev–Trinajstić information content (AvgIpc) is 2.68. The molecule has 1 saturated heterocycles. The van der Waals surface area contributed by atoms with Crippen LogP contribution in [0.25, 0.3) is 0 Å². The van der Waals surface area contributed by atoms with Crippen molar-refractivity contribution in [1.29, 1.82) is 0 Å². The van der Waals surface area contributed by atoms with E-state index in [2.05, 4.69) is 9.62 Å². The number of hydrogen-bond acceptors (Lipinski definition) is 5. The molecule has 8 heteroatoms. The Morgan fingerprint density at radius 2 is 1.67 bits per heavy atom. The molecule has 1 aliphatic rings. The van der Waals surface area contributed by atoms with Gasteiger partial charge in [-0.3, -0.25) is 9.52 Å². The third kappa shape index (κ3) is 5.21. The molecule has 0 unspecified atom stereocenters. The van der Waals surface area contributed by atoms with Crippen LogP contribution in [0, 0.1) is 0 Å². The summed E-state index contributed by atoms with van der Waals surface area (Å²) in [5.74, 6) is -0.881. The maximum absolute atomic E-state index is 12.5. The van der Waals surface area contributed by atoms with Crippen molar-refractivity contribution in [3.63, 3.8) is 0 Å². The predicted molar refractivity (Wildman–Crippen MR) is 103 cm³/mol. The highest BCUT2D eigenvalue weighted by molar-refractivity contribution is 7.92. The molecule has 0 aliphatic carbocycles. The van der Waals surface area contributed by atoms with E-state index in [0.29, 0.717) is 25.3 Å². The number of benzene rings is 2. The molecular weight excluding hydrogens is 368 g/mol. The molecule has 0 aromatic heterocycles. The van der Waals surface area contributed by atoms with E-state index in [1.165, 1.54) is 12.1 Å². The molecular formula is C19H22N2O5S. The number of sulfonamides is 1. The number of anilines is 2. The quantitative estimate of drug-likeness (QED) is 0.753. The van der Waals surface area contributed by atoms with Crippen LogP contribution in [0.1, 0.15) is 12.0 Å². The van der Waals surface area contributed by atoms with E-state index in [0.717, 1.165) is 24.3 Å². The number of nitrogens with zero attached hydrogens (tertiary/aromatic N) is 1. The summed E-state index contributed by atoms with van der Waals surface area (Å²) >= 11 is 0. The largest absolute Gasteiger partial charge is 0.481 e. The fraction of sp³-hybridized carbons (Fsp3) is 0.316. The number of aliphatic carboxylic acids is 1. The van der Waals surface area contributed by atoms with Crippen molar-refractivity contribution in [3.8, 4) is 0 Å². The summed E-state index contributed by atoms with van der Waals surface area (Å²) in [4.78, 5) is 12.9. The smallest absolute Gasteiger partial charge is 0.303 e. The monoisotopic (exact) mass is 390 g/mol. The van der Waals surface area contributed by atoms with E-state index in [1.807, 2.05) is 12.1 Å². The summed E-state index contributed by atoms with van der Waals surface area (Å²) in [5, 5.41) is 8.71. The molecule has 0 radical (unpaired) electrons. The highest BCUT2D eigenvalue weighted by Crippen LogP contribution is 2.22. The molecule has 144 valence electrons. The third-order valence-electron chi connectivity index (χ3n) is 4.36. The molecule has 7 nitrogen and oxygen atoms in total. The minimum absolute atomic E-state index is 0.0137. The lowest BCUT2D eigenvalue weighted by molar-refractivity contribution is -0.136. The molecule has 2 aromatic rings. The normalized spacial score (nSPS) is 14.7. The lowest BCUT2D eigenvalue weighted by atomic mass is 10.1. The summed E-state index contributed by atoms with van der Waals surface area (Å²) in [5.41, 5.74) is 2.30. The van der Waals surface area contributed by atoms with Crippen molar-refractivity contribution in [2.24, 2.45) is 0 Å². The minimum Gasteiger partial charge on any atom is -0.481 e. The Morgan fingerprint density at radius 1 is 1.04 bits per heavy atom. The van der Waals surface area contributed by atoms with Crippen LogP contribution in [0.15, 0.2) is 53.4 Å². The van der Waals surface area contributed by atoms with E-state index >= 15 is 0 Å². The second kappa shape index (κ2) is 8.41. The molecule has 0 atom stereocenters. The van der Waals surface area contributed by atoms with E-state index in [-0.39, 0.29) is 11.3 Å². The van der Waals surface area contributed by atoms with Crippen molar-refractivity contribution in [1.82, 2.24) is 0 Å². The van der Waals surface area contributed by atoms with Gasteiger partial charge in [-0.15, -0.1) is 0 Å². The van der Waals surface area contributed by atoms with Crippen LogP contribution >= 0.6 is 0 Å². The highest BCUT2D eigenvalue weighted by Gasteiger charge is 2.15. The summed E-state index contributed by atoms with van der Waals surface area (Å²) in [6.45, 7) is 3.02. The molecule has 0 saturated carbocycles. The van der Waals surface area contributed by atoms with Crippen molar-refractivity contribution >= 4 is 27.4 Å². The fourth-order valence-electron chi connectivity index (χ4n) is 2.86. The number of rotatable bonds is 7. The maximum Gasteiger partial charge on any atom is 0.303 e. The molecule has 2 aromatic carbocycles. The van der Waals surface area contributed by atoms with Gasteiger partial charge in [0.15, 0.2) is 0 Å². The van der Waals surface area contributed by atoms with E-state index in [9.17, 15) is 13.2 Å². The SMILES string of the molecule is O=C(O)CCc1ccc(S(=O)(=O)Nc2ccc(N3CCOCC3)cc2)cc1. The fourth-order valence-corrected chi connectivity index (χ4v) is 3.92. The molecule has 1 aliphatic heterocycles. The van der Waals surface area contributed by atoms with Gasteiger partial charge in [0.25, 0.3) is 10.0 Å². The first kappa shape index (κ1) is 19.2. The van der Waals surface area contributed by atoms with Crippen LogP contribution in [0.5, 0.6) is 0 Å². The predicted octanol–water partition coefficient (Wildman–Crippen LogP) is 2.34. The number of carbonyl (C=O) groups is 1. The van der Waals surface area contributed by atoms with Crippen molar-refractivity contribution in [3.05, 3.63) is 54.1 Å². The highest BCUT2D eigenvalue weighted by atomic mass is 32.2. The van der Waals surface area contributed by atoms with Gasteiger partial charge in [0, 0.05) is 30.9 Å². The van der Waals surface area contributed by atoms with Gasteiger partial charge in [0.1, 0.15) is 0 Å². The first-order chi connectivity index (χ1) is 12.9. The molecule has 3 rings (SSSR count). The molecule has 0 spiro atoms. The lowest BCUT2D eigenvalue weighted by Crippen LogP contribution is -2.36. The standard InChI is InChI=1S/C19H22N2O5S/c22-19(23)10-3-15-1-8-18(9-2-15)27(24,25)20-16-4-6-17(7-5-16)21-11-13-26-14-12-21/h1-2,4-9,20H,3,10-14H2,(H,22,23). The van der Waals surface area contributed by atoms with Crippen LogP contribution < -0.4 is 9.62 Å². The zero-order valence-corrected chi connectivity index (χ0v) is 15.6. The number of carboxylic acids is 1. The topological polar surface area (TPSA) is 95.9 Å². The van der Waals surface area contributed by atoms with Crippen LogP contribution in [0.3, 0.4) is 0 Å². The lowest BCUT2D eigenvalue weighted by Gasteiger charge is -2.28. The summed E-state index contributed by atoms with van der Waals surface area (Å²) in [6, 6.07) is 13.5. The molecule has 1 fully saturated rings. The van der Waals surface area contributed by atoms with E-state index < -0.39 is 16.0 Å². The molecule has 2 N–H and O–H groups in total. The van der Waals surface area contributed by atoms with Gasteiger partial charge in [-0.25, -0.2) is 8.42 Å². The number of morpholine rings is 1.